The standard InChI is InChI=1S/C13H13F3O2/c14-13(15,16)10-5-1-8(2-6-10)7-11(17)12(18)9-3-4-9/h1-2,5-6,9,12,18H,3-4,7H2. The first-order valence-electron chi connectivity index (χ1n) is 5.75. The lowest BCUT2D eigenvalue weighted by Crippen LogP contribution is -2.24. The van der Waals surface area contributed by atoms with E-state index in [9.17, 15) is 23.1 Å². The molecule has 0 aliphatic heterocycles. The van der Waals surface area contributed by atoms with E-state index < -0.39 is 17.8 Å². The third-order valence-corrected chi connectivity index (χ3v) is 3.06. The van der Waals surface area contributed by atoms with E-state index in [1.165, 1.54) is 12.1 Å². The highest BCUT2D eigenvalue weighted by atomic mass is 19.4. The van der Waals surface area contributed by atoms with Crippen LogP contribution >= 0.6 is 0 Å². The average molecular weight is 258 g/mol. The van der Waals surface area contributed by atoms with Gasteiger partial charge >= 0.3 is 6.18 Å². The Morgan fingerprint density at radius 3 is 2.28 bits per heavy atom. The number of Topliss-reactive ketones (excluding diaryl/α,β-unsaturated/α-hetero) is 1. The lowest BCUT2D eigenvalue weighted by Gasteiger charge is -2.09. The van der Waals surface area contributed by atoms with Crippen LogP contribution in [0.5, 0.6) is 0 Å². The maximum atomic E-state index is 12.3. The molecule has 0 saturated heterocycles. The second-order valence-electron chi connectivity index (χ2n) is 4.62. The number of hydrogen-bond acceptors (Lipinski definition) is 2. The minimum absolute atomic E-state index is 0.0181. The second kappa shape index (κ2) is 4.72. The highest BCUT2D eigenvalue weighted by Gasteiger charge is 2.34. The summed E-state index contributed by atoms with van der Waals surface area (Å²) < 4.78 is 37.0. The summed E-state index contributed by atoms with van der Waals surface area (Å²) in [6.07, 6.45) is -3.65. The van der Waals surface area contributed by atoms with Crippen molar-refractivity contribution in [2.45, 2.75) is 31.5 Å². The summed E-state index contributed by atoms with van der Waals surface area (Å²) in [6, 6.07) is 4.46. The molecule has 0 heterocycles. The molecule has 1 saturated carbocycles. The molecule has 0 bridgehead atoms. The van der Waals surface area contributed by atoms with Crippen LogP contribution in [0.1, 0.15) is 24.0 Å². The highest BCUT2D eigenvalue weighted by molar-refractivity contribution is 5.85. The molecule has 0 radical (unpaired) electrons. The van der Waals surface area contributed by atoms with Crippen LogP contribution in [0.2, 0.25) is 0 Å². The van der Waals surface area contributed by atoms with Crippen molar-refractivity contribution in [1.82, 2.24) is 0 Å². The fourth-order valence-corrected chi connectivity index (χ4v) is 1.79. The third kappa shape index (κ3) is 3.10. The zero-order valence-electron chi connectivity index (χ0n) is 9.57. The fourth-order valence-electron chi connectivity index (χ4n) is 1.79. The number of carbonyl (C=O) groups excluding carboxylic acids is 1. The van der Waals surface area contributed by atoms with Crippen molar-refractivity contribution in [3.8, 4) is 0 Å². The van der Waals surface area contributed by atoms with Gasteiger partial charge in [-0.15, -0.1) is 0 Å². The zero-order valence-corrected chi connectivity index (χ0v) is 9.57. The van der Waals surface area contributed by atoms with Gasteiger partial charge < -0.3 is 5.11 Å². The quantitative estimate of drug-likeness (QED) is 0.901. The Morgan fingerprint density at radius 2 is 1.83 bits per heavy atom. The van der Waals surface area contributed by atoms with Crippen molar-refractivity contribution in [3.05, 3.63) is 35.4 Å². The Hall–Kier alpha value is -1.36. The summed E-state index contributed by atoms with van der Waals surface area (Å²) in [5, 5.41) is 9.57. The van der Waals surface area contributed by atoms with Gasteiger partial charge in [-0.3, -0.25) is 4.79 Å². The van der Waals surface area contributed by atoms with Crippen molar-refractivity contribution >= 4 is 5.78 Å². The topological polar surface area (TPSA) is 37.3 Å². The molecule has 1 aliphatic rings. The normalized spacial score (nSPS) is 17.6. The van der Waals surface area contributed by atoms with Crippen LogP contribution in [0.3, 0.4) is 0 Å². The number of ketones is 1. The summed E-state index contributed by atoms with van der Waals surface area (Å²) in [5.74, 6) is -0.274. The molecule has 0 amide bonds. The Balaban J connectivity index is 1.99. The maximum Gasteiger partial charge on any atom is 0.416 e. The molecule has 0 spiro atoms. The van der Waals surface area contributed by atoms with Gasteiger partial charge in [0.1, 0.15) is 6.10 Å². The lowest BCUT2D eigenvalue weighted by molar-refractivity contribution is -0.137. The summed E-state index contributed by atoms with van der Waals surface area (Å²) in [5.41, 5.74) is -0.242. The lowest BCUT2D eigenvalue weighted by atomic mass is 10.0. The van der Waals surface area contributed by atoms with E-state index in [1.54, 1.807) is 0 Å². The van der Waals surface area contributed by atoms with Crippen molar-refractivity contribution in [2.75, 3.05) is 0 Å². The van der Waals surface area contributed by atoms with E-state index in [-0.39, 0.29) is 18.1 Å². The minimum atomic E-state index is -4.37. The third-order valence-electron chi connectivity index (χ3n) is 3.06. The summed E-state index contributed by atoms with van der Waals surface area (Å²) >= 11 is 0. The number of rotatable bonds is 4. The second-order valence-corrected chi connectivity index (χ2v) is 4.62. The first-order valence-corrected chi connectivity index (χ1v) is 5.75. The van der Waals surface area contributed by atoms with Crippen LogP contribution < -0.4 is 0 Å². The molecule has 2 nitrogen and oxygen atoms in total. The molecule has 18 heavy (non-hydrogen) atoms. The van der Waals surface area contributed by atoms with Gasteiger partial charge in [0, 0.05) is 6.42 Å². The van der Waals surface area contributed by atoms with Crippen LogP contribution in [0.25, 0.3) is 0 Å². The number of aliphatic hydroxyl groups excluding tert-OH is 1. The Bertz CT molecular complexity index is 433. The number of alkyl halides is 3. The van der Waals surface area contributed by atoms with E-state index in [0.717, 1.165) is 25.0 Å². The van der Waals surface area contributed by atoms with Crippen molar-refractivity contribution in [1.29, 1.82) is 0 Å². The molecule has 1 fully saturated rings. The molecular weight excluding hydrogens is 245 g/mol. The van der Waals surface area contributed by atoms with Gasteiger partial charge in [0.25, 0.3) is 0 Å². The average Bonchev–Trinajstić information content (AvgIpc) is 3.11. The van der Waals surface area contributed by atoms with Gasteiger partial charge in [-0.1, -0.05) is 12.1 Å². The van der Waals surface area contributed by atoms with Crippen LogP contribution in [-0.2, 0) is 17.4 Å². The molecule has 1 aromatic rings. The van der Waals surface area contributed by atoms with Crippen LogP contribution in [0, 0.1) is 5.92 Å². The van der Waals surface area contributed by atoms with Crippen molar-refractivity contribution in [3.63, 3.8) is 0 Å². The first kappa shape index (κ1) is 13.1. The summed E-state index contributed by atoms with van der Waals surface area (Å²) in [6.45, 7) is 0. The number of benzene rings is 1. The molecule has 0 aromatic heterocycles. The maximum absolute atomic E-state index is 12.3. The van der Waals surface area contributed by atoms with E-state index in [4.69, 9.17) is 0 Å². The Kier molecular flexibility index (Phi) is 3.43. The molecule has 1 N–H and O–H groups in total. The zero-order chi connectivity index (χ0) is 13.3. The van der Waals surface area contributed by atoms with Gasteiger partial charge in [0.05, 0.1) is 5.56 Å². The van der Waals surface area contributed by atoms with E-state index in [0.29, 0.717) is 5.56 Å². The van der Waals surface area contributed by atoms with Gasteiger partial charge in [0.2, 0.25) is 0 Å². The van der Waals surface area contributed by atoms with Crippen LogP contribution in [0.15, 0.2) is 24.3 Å². The Labute approximate surface area is 102 Å². The molecule has 1 aromatic carbocycles. The van der Waals surface area contributed by atoms with Gasteiger partial charge in [0.15, 0.2) is 5.78 Å². The number of hydrogen-bond donors (Lipinski definition) is 1. The smallest absolute Gasteiger partial charge is 0.385 e. The SMILES string of the molecule is O=C(Cc1ccc(C(F)(F)F)cc1)C(O)C1CC1. The highest BCUT2D eigenvalue weighted by Crippen LogP contribution is 2.33. The monoisotopic (exact) mass is 258 g/mol. The van der Waals surface area contributed by atoms with Crippen LogP contribution in [-0.4, -0.2) is 17.0 Å². The van der Waals surface area contributed by atoms with E-state index in [2.05, 4.69) is 0 Å². The van der Waals surface area contributed by atoms with Gasteiger partial charge in [-0.25, -0.2) is 0 Å². The predicted octanol–water partition coefficient (Wildman–Crippen LogP) is 2.59. The minimum Gasteiger partial charge on any atom is -0.385 e. The Morgan fingerprint density at radius 1 is 1.28 bits per heavy atom. The fraction of sp³-hybridized carbons (Fsp3) is 0.462. The first-order chi connectivity index (χ1) is 8.38. The van der Waals surface area contributed by atoms with Gasteiger partial charge in [-0.05, 0) is 36.5 Å². The van der Waals surface area contributed by atoms with Crippen molar-refractivity contribution < 1.29 is 23.1 Å². The number of halogens is 3. The molecule has 5 heteroatoms. The number of carbonyl (C=O) groups is 1. The van der Waals surface area contributed by atoms with Crippen molar-refractivity contribution in [2.24, 2.45) is 5.92 Å². The van der Waals surface area contributed by atoms with Crippen LogP contribution in [0.4, 0.5) is 13.2 Å². The molecule has 1 unspecified atom stereocenters. The van der Waals surface area contributed by atoms with Gasteiger partial charge in [-0.2, -0.15) is 13.2 Å². The molecular formula is C13H13F3O2. The summed E-state index contributed by atoms with van der Waals surface area (Å²) in [7, 11) is 0. The molecule has 2 rings (SSSR count). The summed E-state index contributed by atoms with van der Waals surface area (Å²) in [4.78, 5) is 11.6. The molecule has 98 valence electrons. The largest absolute Gasteiger partial charge is 0.416 e. The molecule has 1 aliphatic carbocycles. The number of aliphatic hydroxyl groups is 1. The predicted molar refractivity (Wildman–Crippen MR) is 58.9 cm³/mol. The molecule has 1 atom stereocenters. The van der Waals surface area contributed by atoms with E-state index >= 15 is 0 Å². The van der Waals surface area contributed by atoms with E-state index in [1.807, 2.05) is 0 Å².